The molecule has 0 fully saturated rings. The molecule has 3 heteroatoms. The number of likely N-dealkylation sites (N-methyl/N-ethyl adjacent to an activating group) is 1. The molecule has 1 N–H and O–H groups in total. The lowest BCUT2D eigenvalue weighted by Gasteiger charge is -2.51. The number of benzene rings is 1. The molecule has 23 heavy (non-hydrogen) atoms. The zero-order valence-electron chi connectivity index (χ0n) is 13.7. The van der Waals surface area contributed by atoms with Crippen LogP contribution in [0.2, 0.25) is 0 Å². The fraction of sp³-hybridized carbons (Fsp3) is 0.350. The molecule has 0 saturated heterocycles. The quantitative estimate of drug-likeness (QED) is 0.626. The van der Waals surface area contributed by atoms with Crippen molar-refractivity contribution in [1.82, 2.24) is 9.97 Å². The summed E-state index contributed by atoms with van der Waals surface area (Å²) in [6.45, 7) is 3.58. The highest BCUT2D eigenvalue weighted by molar-refractivity contribution is 5.85. The van der Waals surface area contributed by atoms with Crippen molar-refractivity contribution < 1.29 is 4.48 Å². The smallest absolute Gasteiger partial charge is 0.134 e. The summed E-state index contributed by atoms with van der Waals surface area (Å²) in [5, 5.41) is 1.42. The van der Waals surface area contributed by atoms with E-state index in [9.17, 15) is 0 Å². The Balaban J connectivity index is 1.73. The standard InChI is InChI=1S/C20H22N3/c1-13-17-12-21-9-7-14(17)11-19-20-16(8-10-23(13,19)2)15-5-3-4-6-18(15)22-20/h3-7,9,12-13,19,22H,8,10-11H2,1-2H3/q+1/t13-,19+,23-/m1/s1. The Labute approximate surface area is 136 Å². The number of nitrogens with zero attached hydrogens (tertiary/aromatic N) is 2. The van der Waals surface area contributed by atoms with E-state index in [4.69, 9.17) is 0 Å². The third-order valence-corrected chi connectivity index (χ3v) is 6.43. The van der Waals surface area contributed by atoms with Crippen molar-refractivity contribution in [1.29, 1.82) is 0 Å². The van der Waals surface area contributed by atoms with Crippen LogP contribution in [-0.4, -0.2) is 28.0 Å². The van der Waals surface area contributed by atoms with Crippen LogP contribution in [0.1, 0.15) is 41.4 Å². The molecule has 3 atom stereocenters. The Morgan fingerprint density at radius 1 is 1.22 bits per heavy atom. The zero-order chi connectivity index (χ0) is 15.6. The molecule has 3 aromatic rings. The number of aromatic nitrogens is 2. The second-order valence-corrected chi connectivity index (χ2v) is 7.35. The number of pyridine rings is 1. The van der Waals surface area contributed by atoms with Gasteiger partial charge in [-0.15, -0.1) is 0 Å². The van der Waals surface area contributed by atoms with E-state index in [2.05, 4.69) is 60.5 Å². The molecule has 1 aromatic carbocycles. The van der Waals surface area contributed by atoms with Gasteiger partial charge in [-0.25, -0.2) is 0 Å². The van der Waals surface area contributed by atoms with E-state index in [-0.39, 0.29) is 0 Å². The summed E-state index contributed by atoms with van der Waals surface area (Å²) >= 11 is 0. The van der Waals surface area contributed by atoms with Crippen LogP contribution in [0.25, 0.3) is 10.9 Å². The van der Waals surface area contributed by atoms with E-state index >= 15 is 0 Å². The van der Waals surface area contributed by atoms with Gasteiger partial charge in [0.1, 0.15) is 12.1 Å². The molecular formula is C20H22N3+. The maximum atomic E-state index is 4.38. The molecular weight excluding hydrogens is 282 g/mol. The fourth-order valence-electron chi connectivity index (χ4n) is 4.88. The molecule has 2 aliphatic rings. The van der Waals surface area contributed by atoms with E-state index in [0.717, 1.165) is 17.3 Å². The number of nitrogens with one attached hydrogen (secondary N) is 1. The highest BCUT2D eigenvalue weighted by Gasteiger charge is 2.48. The van der Waals surface area contributed by atoms with E-state index in [0.29, 0.717) is 12.1 Å². The van der Waals surface area contributed by atoms with Crippen molar-refractivity contribution >= 4 is 10.9 Å². The molecule has 0 spiro atoms. The van der Waals surface area contributed by atoms with Gasteiger partial charge in [0, 0.05) is 41.7 Å². The monoisotopic (exact) mass is 304 g/mol. The summed E-state index contributed by atoms with van der Waals surface area (Å²) in [5.74, 6) is 0. The van der Waals surface area contributed by atoms with E-state index < -0.39 is 0 Å². The molecule has 116 valence electrons. The number of hydrogen-bond donors (Lipinski definition) is 1. The Hall–Kier alpha value is -2.13. The predicted molar refractivity (Wildman–Crippen MR) is 92.2 cm³/mol. The summed E-state index contributed by atoms with van der Waals surface area (Å²) in [6.07, 6.45) is 6.29. The van der Waals surface area contributed by atoms with Gasteiger partial charge in [0.2, 0.25) is 0 Å². The van der Waals surface area contributed by atoms with Gasteiger partial charge in [-0.05, 0) is 30.2 Å². The first-order valence-corrected chi connectivity index (χ1v) is 8.55. The molecule has 0 amide bonds. The lowest BCUT2D eigenvalue weighted by atomic mass is 9.82. The zero-order valence-corrected chi connectivity index (χ0v) is 13.7. The Bertz CT molecular complexity index is 910. The highest BCUT2D eigenvalue weighted by atomic mass is 15.4. The molecule has 0 bridgehead atoms. The SMILES string of the molecule is C[C@@H]1c2cnccc2C[C@H]2c3[nH]c4ccccc4c3CC[N@+]12C. The van der Waals surface area contributed by atoms with Gasteiger partial charge in [0.25, 0.3) is 0 Å². The molecule has 2 aliphatic heterocycles. The summed E-state index contributed by atoms with van der Waals surface area (Å²) in [5.41, 5.74) is 7.21. The first-order valence-electron chi connectivity index (χ1n) is 8.55. The molecule has 4 heterocycles. The van der Waals surface area contributed by atoms with Gasteiger partial charge in [-0.3, -0.25) is 4.98 Å². The fourth-order valence-corrected chi connectivity index (χ4v) is 4.88. The van der Waals surface area contributed by atoms with Crippen LogP contribution in [0.4, 0.5) is 0 Å². The first kappa shape index (κ1) is 13.3. The lowest BCUT2D eigenvalue weighted by molar-refractivity contribution is -0.970. The number of H-pyrrole nitrogens is 1. The Morgan fingerprint density at radius 3 is 3.00 bits per heavy atom. The number of hydrogen-bond acceptors (Lipinski definition) is 1. The maximum absolute atomic E-state index is 4.38. The van der Waals surface area contributed by atoms with Crippen LogP contribution in [-0.2, 0) is 12.8 Å². The number of para-hydroxylation sites is 1. The second kappa shape index (κ2) is 4.45. The average Bonchev–Trinajstić information content (AvgIpc) is 2.95. The maximum Gasteiger partial charge on any atom is 0.134 e. The Kier molecular flexibility index (Phi) is 2.58. The number of quaternary nitrogens is 1. The summed E-state index contributed by atoms with van der Waals surface area (Å²) < 4.78 is 1.10. The van der Waals surface area contributed by atoms with Crippen molar-refractivity contribution in [3.05, 3.63) is 65.1 Å². The normalized spacial score (nSPS) is 29.0. The minimum absolute atomic E-state index is 0.497. The van der Waals surface area contributed by atoms with Crippen LogP contribution >= 0.6 is 0 Å². The molecule has 0 radical (unpaired) electrons. The van der Waals surface area contributed by atoms with Gasteiger partial charge in [-0.2, -0.15) is 0 Å². The predicted octanol–water partition coefficient (Wildman–Crippen LogP) is 3.92. The van der Waals surface area contributed by atoms with E-state index in [1.807, 2.05) is 6.20 Å². The molecule has 2 aromatic heterocycles. The van der Waals surface area contributed by atoms with Crippen molar-refractivity contribution in [2.24, 2.45) is 0 Å². The number of fused-ring (bicyclic) bond motifs is 6. The van der Waals surface area contributed by atoms with Crippen LogP contribution in [0.5, 0.6) is 0 Å². The van der Waals surface area contributed by atoms with Crippen molar-refractivity contribution in [3.63, 3.8) is 0 Å². The van der Waals surface area contributed by atoms with E-state index in [1.54, 1.807) is 5.56 Å². The second-order valence-electron chi connectivity index (χ2n) is 7.35. The number of aromatic amines is 1. The molecule has 3 nitrogen and oxygen atoms in total. The van der Waals surface area contributed by atoms with Crippen LogP contribution in [0, 0.1) is 0 Å². The van der Waals surface area contributed by atoms with Crippen molar-refractivity contribution in [3.8, 4) is 0 Å². The number of rotatable bonds is 0. The van der Waals surface area contributed by atoms with Gasteiger partial charge < -0.3 is 9.47 Å². The van der Waals surface area contributed by atoms with Crippen molar-refractivity contribution in [2.45, 2.75) is 31.8 Å². The summed E-state index contributed by atoms with van der Waals surface area (Å²) in [7, 11) is 2.43. The average molecular weight is 304 g/mol. The van der Waals surface area contributed by atoms with Gasteiger partial charge in [0.15, 0.2) is 0 Å². The van der Waals surface area contributed by atoms with Crippen LogP contribution in [0.15, 0.2) is 42.7 Å². The summed E-state index contributed by atoms with van der Waals surface area (Å²) in [6, 6.07) is 12.0. The minimum Gasteiger partial charge on any atom is -0.353 e. The first-order chi connectivity index (χ1) is 11.2. The molecule has 0 aliphatic carbocycles. The molecule has 0 unspecified atom stereocenters. The Morgan fingerprint density at radius 2 is 2.09 bits per heavy atom. The molecule has 5 rings (SSSR count). The largest absolute Gasteiger partial charge is 0.353 e. The topological polar surface area (TPSA) is 28.7 Å². The van der Waals surface area contributed by atoms with E-state index in [1.165, 1.54) is 34.3 Å². The third kappa shape index (κ3) is 1.66. The van der Waals surface area contributed by atoms with Gasteiger partial charge >= 0.3 is 0 Å². The molecule has 0 saturated carbocycles. The highest BCUT2D eigenvalue weighted by Crippen LogP contribution is 2.49. The summed E-state index contributed by atoms with van der Waals surface area (Å²) in [4.78, 5) is 8.14. The van der Waals surface area contributed by atoms with Gasteiger partial charge in [0.05, 0.1) is 19.3 Å². The van der Waals surface area contributed by atoms with Crippen LogP contribution in [0.3, 0.4) is 0 Å². The van der Waals surface area contributed by atoms with Gasteiger partial charge in [-0.1, -0.05) is 18.2 Å². The van der Waals surface area contributed by atoms with Crippen molar-refractivity contribution in [2.75, 3.05) is 13.6 Å². The minimum atomic E-state index is 0.497. The van der Waals surface area contributed by atoms with Crippen LogP contribution < -0.4 is 0 Å². The third-order valence-electron chi connectivity index (χ3n) is 6.43. The lowest BCUT2D eigenvalue weighted by Crippen LogP contribution is -2.55.